The lowest BCUT2D eigenvalue weighted by atomic mass is 9.87. The SMILES string of the molecule is O=C(NC1CC1)[C@@H]1[C@H](Nc2c(Cl)cnc3[nH]c(-c4sc(N5CCOCC5)nc4Cl)nc23)[C@H]2C=C[C@@H]1C2. The Hall–Kier alpha value is -2.40. The van der Waals surface area contributed by atoms with Gasteiger partial charge in [0.15, 0.2) is 21.8 Å². The molecule has 2 saturated carbocycles. The Bertz CT molecular complexity index is 1360. The van der Waals surface area contributed by atoms with Crippen LogP contribution in [0.25, 0.3) is 21.9 Å². The van der Waals surface area contributed by atoms with Crippen molar-refractivity contribution in [1.82, 2.24) is 25.3 Å². The molecule has 9 nitrogen and oxygen atoms in total. The third-order valence-electron chi connectivity index (χ3n) is 7.54. The number of amides is 1. The molecule has 1 amide bonds. The maximum atomic E-state index is 13.1. The Morgan fingerprint density at radius 3 is 2.78 bits per heavy atom. The van der Waals surface area contributed by atoms with Gasteiger partial charge in [-0.1, -0.05) is 46.7 Å². The van der Waals surface area contributed by atoms with Crippen molar-refractivity contribution in [3.8, 4) is 10.7 Å². The van der Waals surface area contributed by atoms with Crippen LogP contribution >= 0.6 is 34.5 Å². The molecule has 2 bridgehead atoms. The number of H-pyrrole nitrogens is 1. The summed E-state index contributed by atoms with van der Waals surface area (Å²) in [5.74, 6) is 1.11. The maximum Gasteiger partial charge on any atom is 0.226 e. The minimum atomic E-state index is -0.134. The number of pyridine rings is 1. The van der Waals surface area contributed by atoms with Crippen LogP contribution in [0.15, 0.2) is 18.3 Å². The molecule has 7 rings (SSSR count). The number of nitrogens with one attached hydrogen (secondary N) is 3. The molecule has 4 aliphatic rings. The molecule has 0 aromatic carbocycles. The first-order valence-corrected chi connectivity index (χ1v) is 13.9. The molecule has 1 aliphatic heterocycles. The first kappa shape index (κ1) is 22.8. The summed E-state index contributed by atoms with van der Waals surface area (Å²) in [7, 11) is 0. The number of halogens is 2. The molecule has 4 heterocycles. The molecule has 4 atom stereocenters. The van der Waals surface area contributed by atoms with Gasteiger partial charge in [0, 0.05) is 25.2 Å². The highest BCUT2D eigenvalue weighted by Crippen LogP contribution is 2.47. The number of fused-ring (bicyclic) bond motifs is 3. The van der Waals surface area contributed by atoms with Gasteiger partial charge in [-0.15, -0.1) is 0 Å². The predicted molar refractivity (Wildman–Crippen MR) is 141 cm³/mol. The highest BCUT2D eigenvalue weighted by atomic mass is 35.5. The highest BCUT2D eigenvalue weighted by molar-refractivity contribution is 7.19. The summed E-state index contributed by atoms with van der Waals surface area (Å²) in [5.41, 5.74) is 1.92. The first-order chi connectivity index (χ1) is 17.5. The maximum absolute atomic E-state index is 13.1. The van der Waals surface area contributed by atoms with Gasteiger partial charge in [-0.3, -0.25) is 4.79 Å². The van der Waals surface area contributed by atoms with Gasteiger partial charge in [-0.2, -0.15) is 0 Å². The number of carbonyl (C=O) groups is 1. The van der Waals surface area contributed by atoms with Gasteiger partial charge >= 0.3 is 0 Å². The van der Waals surface area contributed by atoms with E-state index < -0.39 is 0 Å². The van der Waals surface area contributed by atoms with Gasteiger partial charge in [0.25, 0.3) is 0 Å². The second-order valence-corrected chi connectivity index (χ2v) is 11.6. The van der Waals surface area contributed by atoms with Gasteiger partial charge in [-0.05, 0) is 31.1 Å². The van der Waals surface area contributed by atoms with E-state index >= 15 is 0 Å². The molecule has 188 valence electrons. The predicted octanol–water partition coefficient (Wildman–Crippen LogP) is 4.11. The number of morpholine rings is 1. The Morgan fingerprint density at radius 1 is 1.17 bits per heavy atom. The number of hydrogen-bond donors (Lipinski definition) is 3. The summed E-state index contributed by atoms with van der Waals surface area (Å²) in [4.78, 5) is 33.2. The number of aromatic amines is 1. The molecule has 3 aromatic rings. The van der Waals surface area contributed by atoms with E-state index in [-0.39, 0.29) is 29.7 Å². The van der Waals surface area contributed by atoms with Crippen molar-refractivity contribution in [2.75, 3.05) is 36.5 Å². The Morgan fingerprint density at radius 2 is 1.97 bits per heavy atom. The van der Waals surface area contributed by atoms with E-state index in [4.69, 9.17) is 32.9 Å². The lowest BCUT2D eigenvalue weighted by Crippen LogP contribution is -2.44. The quantitative estimate of drug-likeness (QED) is 0.400. The zero-order valence-electron chi connectivity index (χ0n) is 19.3. The fraction of sp³-hybridized carbons (Fsp3) is 0.500. The molecule has 0 unspecified atom stereocenters. The molecular formula is C24H25Cl2N7O2S. The number of aromatic nitrogens is 4. The number of thiazole rings is 1. The zero-order valence-corrected chi connectivity index (χ0v) is 21.7. The minimum absolute atomic E-state index is 0.0538. The normalized spacial score (nSPS) is 27.2. The topological polar surface area (TPSA) is 108 Å². The monoisotopic (exact) mass is 545 g/mol. The Balaban J connectivity index is 1.21. The average Bonchev–Trinajstić information content (AvgIpc) is 3.24. The summed E-state index contributed by atoms with van der Waals surface area (Å²) < 4.78 is 5.45. The van der Waals surface area contributed by atoms with E-state index in [1.54, 1.807) is 6.20 Å². The van der Waals surface area contributed by atoms with Crippen LogP contribution in [0.3, 0.4) is 0 Å². The fourth-order valence-corrected chi connectivity index (χ4v) is 7.05. The van der Waals surface area contributed by atoms with E-state index in [1.807, 2.05) is 0 Å². The fourth-order valence-electron chi connectivity index (χ4n) is 5.57. The highest BCUT2D eigenvalue weighted by Gasteiger charge is 2.49. The molecule has 3 N–H and O–H groups in total. The summed E-state index contributed by atoms with van der Waals surface area (Å²) >= 11 is 14.7. The number of nitrogens with zero attached hydrogens (tertiary/aromatic N) is 4. The molecule has 36 heavy (non-hydrogen) atoms. The third kappa shape index (κ3) is 3.95. The van der Waals surface area contributed by atoms with Crippen molar-refractivity contribution in [2.24, 2.45) is 17.8 Å². The average molecular weight is 546 g/mol. The second kappa shape index (κ2) is 8.86. The zero-order chi connectivity index (χ0) is 24.4. The third-order valence-corrected chi connectivity index (χ3v) is 9.33. The van der Waals surface area contributed by atoms with Crippen LogP contribution < -0.4 is 15.5 Å². The van der Waals surface area contributed by atoms with Crippen LogP contribution in [0.5, 0.6) is 0 Å². The first-order valence-electron chi connectivity index (χ1n) is 12.3. The van der Waals surface area contributed by atoms with E-state index in [9.17, 15) is 4.79 Å². The molecule has 3 aliphatic carbocycles. The largest absolute Gasteiger partial charge is 0.378 e. The minimum Gasteiger partial charge on any atom is -0.378 e. The van der Waals surface area contributed by atoms with E-state index in [2.05, 4.69) is 42.6 Å². The van der Waals surface area contributed by atoms with E-state index in [1.165, 1.54) is 11.3 Å². The van der Waals surface area contributed by atoms with Gasteiger partial charge < -0.3 is 25.3 Å². The number of rotatable bonds is 6. The van der Waals surface area contributed by atoms with Crippen molar-refractivity contribution in [1.29, 1.82) is 0 Å². The number of imidazole rings is 1. The standard InChI is InChI=1S/C24H25Cl2N7O2S/c25-14-10-27-21-18(30-22(32-21)19-20(26)31-24(36-19)33-5-7-35-8-6-33)17(14)29-16-12-2-1-11(9-12)15(16)23(34)28-13-3-4-13/h1-2,10-13,15-16H,3-9H2,(H,28,34)(H2,27,29,30,32)/t11-,12+,15+,16-/m1/s1. The molecule has 0 spiro atoms. The van der Waals surface area contributed by atoms with Gasteiger partial charge in [0.05, 0.1) is 36.0 Å². The van der Waals surface area contributed by atoms with E-state index in [0.717, 1.165) is 42.4 Å². The number of anilines is 2. The molecular weight excluding hydrogens is 521 g/mol. The van der Waals surface area contributed by atoms with Gasteiger partial charge in [0.1, 0.15) is 10.4 Å². The van der Waals surface area contributed by atoms with Crippen molar-refractivity contribution in [3.05, 3.63) is 28.5 Å². The molecule has 3 fully saturated rings. The van der Waals surface area contributed by atoms with Gasteiger partial charge in [-0.25, -0.2) is 15.0 Å². The lowest BCUT2D eigenvalue weighted by Gasteiger charge is -2.29. The summed E-state index contributed by atoms with van der Waals surface area (Å²) in [6, 6.07) is 0.278. The molecule has 3 aromatic heterocycles. The summed E-state index contributed by atoms with van der Waals surface area (Å²) in [6.07, 6.45) is 9.13. The van der Waals surface area contributed by atoms with Crippen LogP contribution in [-0.2, 0) is 9.53 Å². The van der Waals surface area contributed by atoms with Crippen molar-refractivity contribution < 1.29 is 9.53 Å². The number of carbonyl (C=O) groups excluding carboxylic acids is 1. The molecule has 0 radical (unpaired) electrons. The lowest BCUT2D eigenvalue weighted by molar-refractivity contribution is -0.126. The Kier molecular flexibility index (Phi) is 5.61. The second-order valence-electron chi connectivity index (χ2n) is 9.91. The van der Waals surface area contributed by atoms with Crippen LogP contribution in [-0.4, -0.2) is 64.2 Å². The van der Waals surface area contributed by atoms with E-state index in [0.29, 0.717) is 52.1 Å². The van der Waals surface area contributed by atoms with Gasteiger partial charge in [0.2, 0.25) is 5.91 Å². The summed E-state index contributed by atoms with van der Waals surface area (Å²) in [5, 5.41) is 8.53. The summed E-state index contributed by atoms with van der Waals surface area (Å²) in [6.45, 7) is 2.91. The van der Waals surface area contributed by atoms with Crippen LogP contribution in [0, 0.1) is 17.8 Å². The number of allylic oxidation sites excluding steroid dienone is 1. The van der Waals surface area contributed by atoms with Crippen LogP contribution in [0.4, 0.5) is 10.8 Å². The van der Waals surface area contributed by atoms with Crippen LogP contribution in [0.1, 0.15) is 19.3 Å². The van der Waals surface area contributed by atoms with Crippen molar-refractivity contribution in [2.45, 2.75) is 31.3 Å². The molecule has 12 heteroatoms. The number of hydrogen-bond acceptors (Lipinski definition) is 8. The number of ether oxygens (including phenoxy) is 1. The smallest absolute Gasteiger partial charge is 0.226 e. The molecule has 1 saturated heterocycles. The Labute approximate surface area is 221 Å². The van der Waals surface area contributed by atoms with Crippen molar-refractivity contribution in [3.63, 3.8) is 0 Å². The van der Waals surface area contributed by atoms with Crippen LogP contribution in [0.2, 0.25) is 10.2 Å². The van der Waals surface area contributed by atoms with Crippen molar-refractivity contribution >= 4 is 62.4 Å².